The van der Waals surface area contributed by atoms with Crippen LogP contribution in [0.2, 0.25) is 0 Å². The average molecular weight is 198 g/mol. The molecule has 0 spiro atoms. The molecule has 0 fully saturated rings. The summed E-state index contributed by atoms with van der Waals surface area (Å²) in [6, 6.07) is 2.96. The van der Waals surface area contributed by atoms with Crippen molar-refractivity contribution in [2.24, 2.45) is 0 Å². The fourth-order valence-electron chi connectivity index (χ4n) is 1.05. The van der Waals surface area contributed by atoms with Crippen LogP contribution in [0.3, 0.4) is 0 Å². The number of benzene rings is 1. The van der Waals surface area contributed by atoms with Crippen LogP contribution in [0.1, 0.15) is 39.2 Å². The van der Waals surface area contributed by atoms with Gasteiger partial charge in [-0.2, -0.15) is 0 Å². The van der Waals surface area contributed by atoms with Crippen LogP contribution in [-0.4, -0.2) is 15.3 Å². The summed E-state index contributed by atoms with van der Waals surface area (Å²) in [7, 11) is 0. The molecule has 1 aromatic carbocycles. The van der Waals surface area contributed by atoms with Gasteiger partial charge >= 0.3 is 0 Å². The lowest BCUT2D eigenvalue weighted by atomic mass is 10.0. The smallest absolute Gasteiger partial charge is 0.200 e. The zero-order valence-electron chi connectivity index (χ0n) is 9.07. The predicted molar refractivity (Wildman–Crippen MR) is 56.9 cm³/mol. The molecule has 0 saturated carbocycles. The minimum absolute atomic E-state index is 0.122. The molecule has 0 unspecified atom stereocenters. The van der Waals surface area contributed by atoms with Crippen molar-refractivity contribution in [1.29, 1.82) is 0 Å². The van der Waals surface area contributed by atoms with E-state index in [0.29, 0.717) is 5.56 Å². The molecular formula is C11H18O3. The van der Waals surface area contributed by atoms with Crippen LogP contribution in [0.4, 0.5) is 0 Å². The zero-order chi connectivity index (χ0) is 11.3. The largest absolute Gasteiger partial charge is 0.504 e. The molecule has 0 aliphatic carbocycles. The number of aromatic hydroxyl groups is 3. The van der Waals surface area contributed by atoms with Crippen molar-refractivity contribution in [1.82, 2.24) is 0 Å². The van der Waals surface area contributed by atoms with Gasteiger partial charge < -0.3 is 15.3 Å². The van der Waals surface area contributed by atoms with E-state index < -0.39 is 5.75 Å². The van der Waals surface area contributed by atoms with Gasteiger partial charge in [-0.15, -0.1) is 0 Å². The van der Waals surface area contributed by atoms with E-state index in [1.807, 2.05) is 27.7 Å². The molecule has 0 aliphatic rings. The summed E-state index contributed by atoms with van der Waals surface area (Å²) < 4.78 is 0. The number of phenolic OH excluding ortho intramolecular Hbond substituents is 3. The first-order chi connectivity index (χ1) is 6.54. The van der Waals surface area contributed by atoms with Crippen LogP contribution >= 0.6 is 0 Å². The Hall–Kier alpha value is -1.38. The first-order valence-corrected chi connectivity index (χ1v) is 4.77. The van der Waals surface area contributed by atoms with Gasteiger partial charge in [-0.25, -0.2) is 0 Å². The summed E-state index contributed by atoms with van der Waals surface area (Å²) in [5, 5.41) is 27.5. The van der Waals surface area contributed by atoms with E-state index in [-0.39, 0.29) is 17.4 Å². The minimum atomic E-state index is -0.443. The van der Waals surface area contributed by atoms with Crippen molar-refractivity contribution >= 4 is 0 Å². The van der Waals surface area contributed by atoms with Gasteiger partial charge in [0.25, 0.3) is 0 Å². The molecule has 1 rings (SSSR count). The molecule has 3 nitrogen and oxygen atoms in total. The Morgan fingerprint density at radius 3 is 1.86 bits per heavy atom. The van der Waals surface area contributed by atoms with E-state index in [0.717, 1.165) is 0 Å². The quantitative estimate of drug-likeness (QED) is 0.608. The van der Waals surface area contributed by atoms with Crippen molar-refractivity contribution in [3.05, 3.63) is 17.7 Å². The van der Waals surface area contributed by atoms with Gasteiger partial charge in [0.2, 0.25) is 5.75 Å². The second kappa shape index (κ2) is 5.37. The van der Waals surface area contributed by atoms with Gasteiger partial charge in [0.1, 0.15) is 0 Å². The fraction of sp³-hybridized carbons (Fsp3) is 0.455. The standard InChI is InChI=1S/C9H12O3.C2H6/c1-5(2)6-3-4-7(10)9(12)8(6)11;1-2/h3-5,10-12H,1-2H3;1-2H3. The van der Waals surface area contributed by atoms with Crippen LogP contribution < -0.4 is 0 Å². The van der Waals surface area contributed by atoms with E-state index in [1.165, 1.54) is 6.07 Å². The molecule has 3 heteroatoms. The number of rotatable bonds is 1. The molecule has 0 amide bonds. The third kappa shape index (κ3) is 2.55. The normalized spacial score (nSPS) is 9.50. The van der Waals surface area contributed by atoms with Gasteiger partial charge in [0.15, 0.2) is 11.5 Å². The average Bonchev–Trinajstić information content (AvgIpc) is 2.17. The van der Waals surface area contributed by atoms with Gasteiger partial charge in [0.05, 0.1) is 0 Å². The van der Waals surface area contributed by atoms with Crippen molar-refractivity contribution in [2.75, 3.05) is 0 Å². The van der Waals surface area contributed by atoms with Gasteiger partial charge in [-0.3, -0.25) is 0 Å². The highest BCUT2D eigenvalue weighted by Gasteiger charge is 2.12. The minimum Gasteiger partial charge on any atom is -0.504 e. The Bertz CT molecular complexity index is 293. The summed E-state index contributed by atoms with van der Waals surface area (Å²) in [4.78, 5) is 0. The van der Waals surface area contributed by atoms with Crippen LogP contribution in [0.15, 0.2) is 12.1 Å². The summed E-state index contributed by atoms with van der Waals surface area (Å²) in [5.74, 6) is -0.848. The maximum absolute atomic E-state index is 9.34. The van der Waals surface area contributed by atoms with Crippen molar-refractivity contribution in [3.8, 4) is 17.2 Å². The van der Waals surface area contributed by atoms with E-state index in [9.17, 15) is 5.11 Å². The molecule has 14 heavy (non-hydrogen) atoms. The highest BCUT2D eigenvalue weighted by Crippen LogP contribution is 2.39. The monoisotopic (exact) mass is 198 g/mol. The van der Waals surface area contributed by atoms with Crippen molar-refractivity contribution in [3.63, 3.8) is 0 Å². The lowest BCUT2D eigenvalue weighted by molar-refractivity contribution is 0.364. The van der Waals surface area contributed by atoms with E-state index >= 15 is 0 Å². The Balaban J connectivity index is 0.000000791. The number of hydrogen-bond acceptors (Lipinski definition) is 3. The molecule has 0 aliphatic heterocycles. The van der Waals surface area contributed by atoms with E-state index in [1.54, 1.807) is 6.07 Å². The molecular weight excluding hydrogens is 180 g/mol. The van der Waals surface area contributed by atoms with Crippen molar-refractivity contribution in [2.45, 2.75) is 33.6 Å². The van der Waals surface area contributed by atoms with Gasteiger partial charge in [0, 0.05) is 5.56 Å². The summed E-state index contributed by atoms with van der Waals surface area (Å²) >= 11 is 0. The Kier molecular flexibility index (Phi) is 4.84. The van der Waals surface area contributed by atoms with Crippen molar-refractivity contribution < 1.29 is 15.3 Å². The second-order valence-corrected chi connectivity index (χ2v) is 3.03. The molecule has 3 N–H and O–H groups in total. The van der Waals surface area contributed by atoms with Crippen LogP contribution in [-0.2, 0) is 0 Å². The summed E-state index contributed by atoms with van der Waals surface area (Å²) in [6.45, 7) is 7.79. The molecule has 0 atom stereocenters. The fourth-order valence-corrected chi connectivity index (χ4v) is 1.05. The topological polar surface area (TPSA) is 60.7 Å². The Morgan fingerprint density at radius 2 is 1.43 bits per heavy atom. The molecule has 0 bridgehead atoms. The SMILES string of the molecule is CC.CC(C)c1ccc(O)c(O)c1O. The predicted octanol–water partition coefficient (Wildman–Crippen LogP) is 2.95. The highest BCUT2D eigenvalue weighted by molar-refractivity contribution is 5.53. The number of hydrogen-bond donors (Lipinski definition) is 3. The molecule has 1 aromatic rings. The van der Waals surface area contributed by atoms with E-state index in [4.69, 9.17) is 10.2 Å². The summed E-state index contributed by atoms with van der Waals surface area (Å²) in [6.07, 6.45) is 0. The Labute approximate surface area is 84.6 Å². The highest BCUT2D eigenvalue weighted by atomic mass is 16.3. The molecule has 80 valence electrons. The van der Waals surface area contributed by atoms with Crippen LogP contribution in [0.25, 0.3) is 0 Å². The number of phenols is 3. The maximum atomic E-state index is 9.34. The van der Waals surface area contributed by atoms with Crippen LogP contribution in [0.5, 0.6) is 17.2 Å². The van der Waals surface area contributed by atoms with Gasteiger partial charge in [-0.05, 0) is 12.0 Å². The maximum Gasteiger partial charge on any atom is 0.200 e. The lowest BCUT2D eigenvalue weighted by Gasteiger charge is -2.09. The summed E-state index contributed by atoms with van der Waals surface area (Å²) in [5.41, 5.74) is 0.630. The molecule has 0 aromatic heterocycles. The molecule has 0 heterocycles. The first-order valence-electron chi connectivity index (χ1n) is 4.77. The van der Waals surface area contributed by atoms with Gasteiger partial charge in [-0.1, -0.05) is 33.8 Å². The first kappa shape index (κ1) is 12.6. The Morgan fingerprint density at radius 1 is 0.929 bits per heavy atom. The van der Waals surface area contributed by atoms with Crippen LogP contribution in [0, 0.1) is 0 Å². The third-order valence-electron chi connectivity index (χ3n) is 1.78. The molecule has 0 saturated heterocycles. The third-order valence-corrected chi connectivity index (χ3v) is 1.78. The lowest BCUT2D eigenvalue weighted by Crippen LogP contribution is -1.87. The van der Waals surface area contributed by atoms with E-state index in [2.05, 4.69) is 0 Å². The zero-order valence-corrected chi connectivity index (χ0v) is 9.07. The molecule has 0 radical (unpaired) electrons. The second-order valence-electron chi connectivity index (χ2n) is 3.03.